The van der Waals surface area contributed by atoms with Crippen LogP contribution in [0, 0.1) is 0 Å². The van der Waals surface area contributed by atoms with E-state index < -0.39 is 26.6 Å². The fourth-order valence-corrected chi connectivity index (χ4v) is 0.631. The Hall–Kier alpha value is 0.113. The topological polar surface area (TPSA) is 46.2 Å². The van der Waals surface area contributed by atoms with Crippen molar-refractivity contribution in [3.05, 3.63) is 0 Å². The fourth-order valence-electron chi connectivity index (χ4n) is 0.210. The van der Waals surface area contributed by atoms with E-state index in [0.717, 1.165) is 0 Å². The van der Waals surface area contributed by atoms with Crippen molar-refractivity contribution in [1.82, 2.24) is 4.72 Å². The standard InChI is InChI=1S/C2HF6NO2S.Zn/c3-1(4,5)9-12(10,11)2(6,7)8;/h9H;. The normalized spacial score (nSPS) is 13.7. The molecule has 0 aromatic carbocycles. The van der Waals surface area contributed by atoms with Crippen molar-refractivity contribution < 1.29 is 54.2 Å². The molecule has 0 unspecified atom stereocenters. The van der Waals surface area contributed by atoms with E-state index in [2.05, 4.69) is 0 Å². The third-order valence-corrected chi connectivity index (χ3v) is 1.66. The van der Waals surface area contributed by atoms with E-state index in [1.807, 2.05) is 0 Å². The summed E-state index contributed by atoms with van der Waals surface area (Å²) < 4.78 is 85.8. The number of halogens is 6. The molecule has 1 N–H and O–H groups in total. The molecule has 0 heterocycles. The first-order valence-electron chi connectivity index (χ1n) is 2.13. The van der Waals surface area contributed by atoms with E-state index >= 15 is 0 Å². The zero-order valence-corrected chi connectivity index (χ0v) is 9.48. The molecule has 0 saturated heterocycles. The van der Waals surface area contributed by atoms with E-state index in [4.69, 9.17) is 0 Å². The molecule has 0 radical (unpaired) electrons. The van der Waals surface area contributed by atoms with Crippen LogP contribution in [0.2, 0.25) is 0 Å². The maximum absolute atomic E-state index is 11.2. The van der Waals surface area contributed by atoms with Gasteiger partial charge in [0.2, 0.25) is 0 Å². The summed E-state index contributed by atoms with van der Waals surface area (Å²) in [7, 11) is -6.33. The fraction of sp³-hybridized carbons (Fsp3) is 1.00. The van der Waals surface area contributed by atoms with Crippen LogP contribution in [0.25, 0.3) is 0 Å². The summed E-state index contributed by atoms with van der Waals surface area (Å²) in [5.41, 5.74) is -5.96. The number of alkyl halides is 6. The van der Waals surface area contributed by atoms with Gasteiger partial charge in [0.25, 0.3) is 0 Å². The Morgan fingerprint density at radius 2 is 1.23 bits per heavy atom. The minimum atomic E-state index is -6.33. The van der Waals surface area contributed by atoms with Gasteiger partial charge in [-0.25, -0.2) is 8.42 Å². The Labute approximate surface area is 81.3 Å². The molecule has 0 bridgehead atoms. The number of nitrogens with one attached hydrogen (secondary N) is 1. The van der Waals surface area contributed by atoms with Crippen LogP contribution in [0.15, 0.2) is 0 Å². The molecule has 0 aliphatic heterocycles. The first kappa shape index (κ1) is 15.6. The van der Waals surface area contributed by atoms with Crippen molar-refractivity contribution >= 4 is 10.0 Å². The molecule has 76 valence electrons. The molecule has 0 spiro atoms. The van der Waals surface area contributed by atoms with Crippen LogP contribution < -0.4 is 4.72 Å². The molecule has 3 nitrogen and oxygen atoms in total. The van der Waals surface area contributed by atoms with Crippen molar-refractivity contribution in [3.63, 3.8) is 0 Å². The van der Waals surface area contributed by atoms with Crippen molar-refractivity contribution in [1.29, 1.82) is 0 Å². The molecule has 0 aliphatic rings. The van der Waals surface area contributed by atoms with Gasteiger partial charge in [0.1, 0.15) is 0 Å². The minimum Gasteiger partial charge on any atom is -0.203 e. The zero-order chi connectivity index (χ0) is 10.2. The van der Waals surface area contributed by atoms with Crippen LogP contribution in [0.4, 0.5) is 26.3 Å². The Morgan fingerprint density at radius 1 is 0.923 bits per heavy atom. The first-order valence-corrected chi connectivity index (χ1v) is 3.61. The van der Waals surface area contributed by atoms with Crippen LogP contribution in [-0.2, 0) is 29.5 Å². The molecule has 0 aliphatic carbocycles. The summed E-state index contributed by atoms with van der Waals surface area (Å²) in [6.07, 6.45) is -5.62. The number of hydrogen-bond acceptors (Lipinski definition) is 2. The van der Waals surface area contributed by atoms with Gasteiger partial charge in [0.15, 0.2) is 0 Å². The van der Waals surface area contributed by atoms with E-state index in [9.17, 15) is 34.8 Å². The van der Waals surface area contributed by atoms with Gasteiger partial charge in [0, 0.05) is 19.5 Å². The molecule has 0 aromatic heterocycles. The molecule has 0 fully saturated rings. The van der Waals surface area contributed by atoms with Gasteiger partial charge in [-0.1, -0.05) is 0 Å². The molecule has 0 amide bonds. The van der Waals surface area contributed by atoms with Crippen molar-refractivity contribution in [3.8, 4) is 0 Å². The largest absolute Gasteiger partial charge is 0.511 e. The SMILES string of the molecule is O=S(=O)(NC(F)(F)F)C(F)(F)F.[Zn]. The summed E-state index contributed by atoms with van der Waals surface area (Å²) in [6, 6.07) is 0. The summed E-state index contributed by atoms with van der Waals surface area (Å²) >= 11 is 0. The van der Waals surface area contributed by atoms with Crippen LogP contribution in [0.1, 0.15) is 0 Å². The van der Waals surface area contributed by atoms with E-state index in [1.54, 1.807) is 0 Å². The Bertz CT molecular complexity index is 253. The average Bonchev–Trinajstić information content (AvgIpc) is 1.52. The number of hydrogen-bond donors (Lipinski definition) is 1. The molecule has 0 saturated carbocycles. The summed E-state index contributed by atoms with van der Waals surface area (Å²) in [5, 5.41) is 0. The van der Waals surface area contributed by atoms with Gasteiger partial charge in [-0.05, 0) is 0 Å². The van der Waals surface area contributed by atoms with Crippen LogP contribution in [0.5, 0.6) is 0 Å². The third kappa shape index (κ3) is 5.42. The van der Waals surface area contributed by atoms with Crippen LogP contribution >= 0.6 is 0 Å². The van der Waals surface area contributed by atoms with Crippen LogP contribution in [0.3, 0.4) is 0 Å². The van der Waals surface area contributed by atoms with E-state index in [-0.39, 0.29) is 19.5 Å². The number of sulfonamides is 1. The van der Waals surface area contributed by atoms with Gasteiger partial charge in [0.05, 0.1) is 0 Å². The first-order chi connectivity index (χ1) is 4.96. The smallest absolute Gasteiger partial charge is 0.203 e. The maximum Gasteiger partial charge on any atom is 0.511 e. The third-order valence-electron chi connectivity index (χ3n) is 0.555. The molecule has 13 heavy (non-hydrogen) atoms. The van der Waals surface area contributed by atoms with Gasteiger partial charge in [-0.3, -0.25) is 0 Å². The monoisotopic (exact) mass is 281 g/mol. The summed E-state index contributed by atoms with van der Waals surface area (Å²) in [6.45, 7) is 0. The van der Waals surface area contributed by atoms with Gasteiger partial charge in [-0.2, -0.15) is 26.3 Å². The molecular weight excluding hydrogens is 281 g/mol. The second kappa shape index (κ2) is 4.10. The van der Waals surface area contributed by atoms with E-state index in [1.165, 1.54) is 0 Å². The van der Waals surface area contributed by atoms with Crippen molar-refractivity contribution in [2.24, 2.45) is 0 Å². The van der Waals surface area contributed by atoms with E-state index in [0.29, 0.717) is 0 Å². The number of rotatable bonds is 1. The van der Waals surface area contributed by atoms with Crippen LogP contribution in [-0.4, -0.2) is 20.2 Å². The Morgan fingerprint density at radius 3 is 1.31 bits per heavy atom. The van der Waals surface area contributed by atoms with Gasteiger partial charge in [-0.15, -0.1) is 4.72 Å². The molecule has 0 rings (SSSR count). The molecular formula is C2HF6NO2SZn. The Kier molecular flexibility index (Phi) is 4.91. The second-order valence-electron chi connectivity index (χ2n) is 1.55. The predicted octanol–water partition coefficient (Wildman–Crippen LogP) is 0.943. The predicted molar refractivity (Wildman–Crippen MR) is 24.2 cm³/mol. The molecule has 11 heteroatoms. The van der Waals surface area contributed by atoms with Gasteiger partial charge >= 0.3 is 21.8 Å². The quantitative estimate of drug-likeness (QED) is 0.442. The van der Waals surface area contributed by atoms with Crippen molar-refractivity contribution in [2.45, 2.75) is 11.8 Å². The minimum absolute atomic E-state index is 0. The second-order valence-corrected chi connectivity index (χ2v) is 3.22. The molecule has 0 atom stereocenters. The zero-order valence-electron chi connectivity index (χ0n) is 5.70. The maximum atomic E-state index is 11.2. The average molecular weight is 282 g/mol. The molecule has 0 aromatic rings. The summed E-state index contributed by atoms with van der Waals surface area (Å²) in [5.74, 6) is 0. The Balaban J connectivity index is 0. The van der Waals surface area contributed by atoms with Crippen molar-refractivity contribution in [2.75, 3.05) is 0 Å². The summed E-state index contributed by atoms with van der Waals surface area (Å²) in [4.78, 5) is 0. The van der Waals surface area contributed by atoms with Gasteiger partial charge < -0.3 is 0 Å².